The number of nitrogens with zero attached hydrogens (tertiary/aromatic N) is 1. The lowest BCUT2D eigenvalue weighted by atomic mass is 10.1. The quantitative estimate of drug-likeness (QED) is 0.740. The summed E-state index contributed by atoms with van der Waals surface area (Å²) in [7, 11) is 0. The Morgan fingerprint density at radius 3 is 2.55 bits per heavy atom. The third kappa shape index (κ3) is 4.10. The summed E-state index contributed by atoms with van der Waals surface area (Å²) in [6, 6.07) is 16.4. The van der Waals surface area contributed by atoms with E-state index in [1.165, 1.54) is 17.7 Å². The fraction of sp³-hybridized carbons (Fsp3) is 0.235. The SMILES string of the molecule is N#Cc1ccc(OCCCCc2ccccc2)c(F)c1. The van der Waals surface area contributed by atoms with E-state index < -0.39 is 5.82 Å². The Morgan fingerprint density at radius 1 is 1.05 bits per heavy atom. The van der Waals surface area contributed by atoms with Crippen molar-refractivity contribution >= 4 is 0 Å². The molecule has 0 bridgehead atoms. The van der Waals surface area contributed by atoms with Crippen LogP contribution >= 0.6 is 0 Å². The fourth-order valence-electron chi connectivity index (χ4n) is 1.95. The van der Waals surface area contributed by atoms with Crippen molar-refractivity contribution in [3.8, 4) is 11.8 Å². The van der Waals surface area contributed by atoms with Crippen LogP contribution in [0.5, 0.6) is 5.75 Å². The zero-order chi connectivity index (χ0) is 14.2. The molecule has 2 rings (SSSR count). The number of ether oxygens (including phenoxy) is 1. The minimum Gasteiger partial charge on any atom is -0.491 e. The van der Waals surface area contributed by atoms with Gasteiger partial charge < -0.3 is 4.74 Å². The number of rotatable bonds is 6. The summed E-state index contributed by atoms with van der Waals surface area (Å²) in [4.78, 5) is 0. The lowest BCUT2D eigenvalue weighted by Gasteiger charge is -2.07. The predicted molar refractivity (Wildman–Crippen MR) is 76.0 cm³/mol. The lowest BCUT2D eigenvalue weighted by Crippen LogP contribution is -2.00. The molecule has 0 atom stereocenters. The highest BCUT2D eigenvalue weighted by Crippen LogP contribution is 2.18. The zero-order valence-electron chi connectivity index (χ0n) is 11.2. The summed E-state index contributed by atoms with van der Waals surface area (Å²) >= 11 is 0. The second-order valence-corrected chi connectivity index (χ2v) is 4.55. The maximum absolute atomic E-state index is 13.5. The molecule has 3 heteroatoms. The van der Waals surface area contributed by atoms with E-state index in [9.17, 15) is 4.39 Å². The van der Waals surface area contributed by atoms with Crippen LogP contribution in [0.2, 0.25) is 0 Å². The van der Waals surface area contributed by atoms with Crippen LogP contribution in [0.25, 0.3) is 0 Å². The first-order chi connectivity index (χ1) is 9.79. The highest BCUT2D eigenvalue weighted by Gasteiger charge is 2.04. The van der Waals surface area contributed by atoms with Crippen LogP contribution < -0.4 is 4.74 Å². The van der Waals surface area contributed by atoms with E-state index in [1.807, 2.05) is 24.3 Å². The van der Waals surface area contributed by atoms with E-state index in [1.54, 1.807) is 6.07 Å². The van der Waals surface area contributed by atoms with Crippen molar-refractivity contribution in [2.24, 2.45) is 0 Å². The summed E-state index contributed by atoms with van der Waals surface area (Å²) in [5, 5.41) is 8.65. The Kier molecular flexibility index (Phi) is 5.14. The number of hydrogen-bond acceptors (Lipinski definition) is 2. The molecule has 0 amide bonds. The van der Waals surface area contributed by atoms with Gasteiger partial charge in [-0.05, 0) is 43.0 Å². The molecule has 0 aromatic heterocycles. The van der Waals surface area contributed by atoms with Crippen LogP contribution in [0.4, 0.5) is 4.39 Å². The summed E-state index contributed by atoms with van der Waals surface area (Å²) in [6.07, 6.45) is 2.87. The molecule has 2 nitrogen and oxygen atoms in total. The molecule has 0 aliphatic carbocycles. The Labute approximate surface area is 118 Å². The largest absolute Gasteiger partial charge is 0.491 e. The summed E-state index contributed by atoms with van der Waals surface area (Å²) < 4.78 is 18.9. The molecule has 102 valence electrons. The van der Waals surface area contributed by atoms with Gasteiger partial charge in [0.15, 0.2) is 11.6 Å². The maximum Gasteiger partial charge on any atom is 0.166 e. The predicted octanol–water partition coefficient (Wildman–Crippen LogP) is 4.10. The van der Waals surface area contributed by atoms with Crippen LogP contribution in [0.3, 0.4) is 0 Å². The molecule has 0 heterocycles. The van der Waals surface area contributed by atoms with Crippen LogP contribution in [-0.2, 0) is 6.42 Å². The molecule has 0 aliphatic rings. The number of halogens is 1. The first-order valence-corrected chi connectivity index (χ1v) is 6.66. The van der Waals surface area contributed by atoms with E-state index in [2.05, 4.69) is 12.1 Å². The van der Waals surface area contributed by atoms with Crippen LogP contribution in [0.1, 0.15) is 24.0 Å². The van der Waals surface area contributed by atoms with Gasteiger partial charge in [0, 0.05) is 0 Å². The number of hydrogen-bond donors (Lipinski definition) is 0. The van der Waals surface area contributed by atoms with Crippen LogP contribution in [0.15, 0.2) is 48.5 Å². The van der Waals surface area contributed by atoms with E-state index in [0.717, 1.165) is 19.3 Å². The average molecular weight is 269 g/mol. The van der Waals surface area contributed by atoms with E-state index in [0.29, 0.717) is 12.2 Å². The van der Waals surface area contributed by atoms with Crippen molar-refractivity contribution in [1.82, 2.24) is 0 Å². The first kappa shape index (κ1) is 14.1. The van der Waals surface area contributed by atoms with Crippen molar-refractivity contribution in [2.75, 3.05) is 6.61 Å². The number of aryl methyl sites for hydroxylation is 1. The average Bonchev–Trinajstić information content (AvgIpc) is 2.49. The molecule has 0 spiro atoms. The molecular formula is C17H16FNO. The first-order valence-electron chi connectivity index (χ1n) is 6.66. The van der Waals surface area contributed by atoms with E-state index in [4.69, 9.17) is 10.00 Å². The molecule has 0 fully saturated rings. The van der Waals surface area contributed by atoms with Gasteiger partial charge in [-0.2, -0.15) is 5.26 Å². The summed E-state index contributed by atoms with van der Waals surface area (Å²) in [6.45, 7) is 0.482. The highest BCUT2D eigenvalue weighted by molar-refractivity contribution is 5.35. The van der Waals surface area contributed by atoms with Crippen molar-refractivity contribution < 1.29 is 9.13 Å². The molecule has 0 radical (unpaired) electrons. The Morgan fingerprint density at radius 2 is 1.85 bits per heavy atom. The van der Waals surface area contributed by atoms with Gasteiger partial charge in [-0.1, -0.05) is 30.3 Å². The summed E-state index contributed by atoms with van der Waals surface area (Å²) in [5.74, 6) is -0.268. The smallest absolute Gasteiger partial charge is 0.166 e. The Hall–Kier alpha value is -2.34. The van der Waals surface area contributed by atoms with E-state index >= 15 is 0 Å². The molecule has 2 aromatic rings. The standard InChI is InChI=1S/C17H16FNO/c18-16-12-15(13-19)9-10-17(16)20-11-5-4-8-14-6-2-1-3-7-14/h1-3,6-7,9-10,12H,4-5,8,11H2. The van der Waals surface area contributed by atoms with Crippen molar-refractivity contribution in [3.05, 3.63) is 65.5 Å². The fourth-order valence-corrected chi connectivity index (χ4v) is 1.95. The molecule has 0 N–H and O–H groups in total. The van der Waals surface area contributed by atoms with Gasteiger partial charge in [-0.3, -0.25) is 0 Å². The van der Waals surface area contributed by atoms with Crippen molar-refractivity contribution in [2.45, 2.75) is 19.3 Å². The number of nitriles is 1. The molecule has 20 heavy (non-hydrogen) atoms. The van der Waals surface area contributed by atoms with Gasteiger partial charge in [0.1, 0.15) is 0 Å². The van der Waals surface area contributed by atoms with E-state index in [-0.39, 0.29) is 5.75 Å². The minimum absolute atomic E-state index is 0.212. The van der Waals surface area contributed by atoms with Crippen molar-refractivity contribution in [1.29, 1.82) is 5.26 Å². The van der Waals surface area contributed by atoms with Gasteiger partial charge in [0.05, 0.1) is 18.2 Å². The molecule has 2 aromatic carbocycles. The van der Waals surface area contributed by atoms with Crippen LogP contribution in [-0.4, -0.2) is 6.61 Å². The third-order valence-electron chi connectivity index (χ3n) is 3.02. The Balaban J connectivity index is 1.72. The normalized spacial score (nSPS) is 10.0. The molecule has 0 saturated carbocycles. The highest BCUT2D eigenvalue weighted by atomic mass is 19.1. The van der Waals surface area contributed by atoms with Gasteiger partial charge in [-0.15, -0.1) is 0 Å². The minimum atomic E-state index is -0.480. The lowest BCUT2D eigenvalue weighted by molar-refractivity contribution is 0.292. The Bertz CT molecular complexity index is 590. The second-order valence-electron chi connectivity index (χ2n) is 4.55. The molecule has 0 saturated heterocycles. The van der Waals surface area contributed by atoms with Gasteiger partial charge in [0.25, 0.3) is 0 Å². The molecule has 0 aliphatic heterocycles. The molecular weight excluding hydrogens is 253 g/mol. The topological polar surface area (TPSA) is 33.0 Å². The zero-order valence-corrected chi connectivity index (χ0v) is 11.2. The van der Waals surface area contributed by atoms with Crippen molar-refractivity contribution in [3.63, 3.8) is 0 Å². The third-order valence-corrected chi connectivity index (χ3v) is 3.02. The monoisotopic (exact) mass is 269 g/mol. The second kappa shape index (κ2) is 7.30. The molecule has 0 unspecified atom stereocenters. The van der Waals surface area contributed by atoms with Gasteiger partial charge in [-0.25, -0.2) is 4.39 Å². The summed E-state index contributed by atoms with van der Waals surface area (Å²) in [5.41, 5.74) is 1.61. The van der Waals surface area contributed by atoms with Gasteiger partial charge >= 0.3 is 0 Å². The van der Waals surface area contributed by atoms with Gasteiger partial charge in [0.2, 0.25) is 0 Å². The number of unbranched alkanes of at least 4 members (excludes halogenated alkanes) is 1. The van der Waals surface area contributed by atoms with Crippen LogP contribution in [0, 0.1) is 17.1 Å². The number of benzene rings is 2. The maximum atomic E-state index is 13.5.